The van der Waals surface area contributed by atoms with Crippen LogP contribution < -0.4 is 5.73 Å². The zero-order valence-electron chi connectivity index (χ0n) is 9.25. The Labute approximate surface area is 98.3 Å². The summed E-state index contributed by atoms with van der Waals surface area (Å²) in [5.41, 5.74) is 8.31. The predicted octanol–water partition coefficient (Wildman–Crippen LogP) is 3.04. The molecule has 0 unspecified atom stereocenters. The molecule has 84 valence electrons. The second kappa shape index (κ2) is 3.63. The largest absolute Gasteiger partial charge is 0.381 e. The molecule has 1 aliphatic carbocycles. The zero-order valence-corrected chi connectivity index (χ0v) is 10.1. The number of thiophene rings is 1. The van der Waals surface area contributed by atoms with Crippen molar-refractivity contribution in [3.63, 3.8) is 0 Å². The summed E-state index contributed by atoms with van der Waals surface area (Å²) in [6, 6.07) is 2.24. The Morgan fingerprint density at radius 1 is 1.50 bits per heavy atom. The molecule has 0 spiro atoms. The maximum Gasteiger partial charge on any atom is 0.182 e. The van der Waals surface area contributed by atoms with Crippen molar-refractivity contribution in [1.82, 2.24) is 5.16 Å². The summed E-state index contributed by atoms with van der Waals surface area (Å²) in [5.74, 6) is 1.41. The molecular formula is C12H14N2OS. The molecular weight excluding hydrogens is 220 g/mol. The molecule has 0 aromatic carbocycles. The normalized spacial score (nSPS) is 14.3. The first kappa shape index (κ1) is 9.90. The molecule has 2 aromatic heterocycles. The molecule has 2 heterocycles. The van der Waals surface area contributed by atoms with E-state index in [1.54, 1.807) is 0 Å². The monoisotopic (exact) mass is 234 g/mol. The number of hydrogen-bond donors (Lipinski definition) is 1. The minimum absolute atomic E-state index is 0.533. The highest BCUT2D eigenvalue weighted by Gasteiger charge is 2.20. The smallest absolute Gasteiger partial charge is 0.182 e. The van der Waals surface area contributed by atoms with Crippen molar-refractivity contribution in [2.24, 2.45) is 0 Å². The third kappa shape index (κ3) is 1.37. The molecule has 3 nitrogen and oxygen atoms in total. The van der Waals surface area contributed by atoms with E-state index in [0.717, 1.165) is 17.7 Å². The van der Waals surface area contributed by atoms with Gasteiger partial charge in [-0.25, -0.2) is 0 Å². The van der Waals surface area contributed by atoms with Gasteiger partial charge in [0.25, 0.3) is 0 Å². The van der Waals surface area contributed by atoms with Gasteiger partial charge >= 0.3 is 0 Å². The van der Waals surface area contributed by atoms with Crippen molar-refractivity contribution in [3.05, 3.63) is 22.1 Å². The molecule has 2 aromatic rings. The van der Waals surface area contributed by atoms with E-state index in [9.17, 15) is 0 Å². The lowest BCUT2D eigenvalue weighted by atomic mass is 10.1. The lowest BCUT2D eigenvalue weighted by molar-refractivity contribution is 0.436. The quantitative estimate of drug-likeness (QED) is 0.869. The van der Waals surface area contributed by atoms with Gasteiger partial charge in [-0.05, 0) is 37.3 Å². The maximum absolute atomic E-state index is 5.78. The number of aromatic nitrogens is 1. The summed E-state index contributed by atoms with van der Waals surface area (Å²) in [6.07, 6.45) is 4.58. The fraction of sp³-hybridized carbons (Fsp3) is 0.417. The van der Waals surface area contributed by atoms with Crippen molar-refractivity contribution in [1.29, 1.82) is 0 Å². The molecule has 0 atom stereocenters. The Morgan fingerprint density at radius 3 is 3.12 bits per heavy atom. The van der Waals surface area contributed by atoms with E-state index in [1.807, 2.05) is 11.3 Å². The number of nitrogens with two attached hydrogens (primary N) is 1. The number of nitrogens with zero attached hydrogens (tertiary/aromatic N) is 1. The van der Waals surface area contributed by atoms with Gasteiger partial charge in [-0.1, -0.05) is 12.1 Å². The second-order valence-corrected chi connectivity index (χ2v) is 5.28. The van der Waals surface area contributed by atoms with Crippen LogP contribution in [0.5, 0.6) is 0 Å². The SMILES string of the molecule is CCc1c(N)noc1-c1cc2c(s1)CCC2. The van der Waals surface area contributed by atoms with Crippen LogP contribution >= 0.6 is 11.3 Å². The molecule has 0 saturated carbocycles. The predicted molar refractivity (Wildman–Crippen MR) is 65.6 cm³/mol. The van der Waals surface area contributed by atoms with Crippen LogP contribution in [0.2, 0.25) is 0 Å². The van der Waals surface area contributed by atoms with Gasteiger partial charge in [-0.15, -0.1) is 11.3 Å². The van der Waals surface area contributed by atoms with Gasteiger partial charge in [0, 0.05) is 10.4 Å². The van der Waals surface area contributed by atoms with E-state index in [0.29, 0.717) is 5.82 Å². The minimum Gasteiger partial charge on any atom is -0.381 e. The van der Waals surface area contributed by atoms with E-state index in [-0.39, 0.29) is 0 Å². The van der Waals surface area contributed by atoms with Crippen LogP contribution in [0.25, 0.3) is 10.6 Å². The maximum atomic E-state index is 5.78. The van der Waals surface area contributed by atoms with E-state index in [1.165, 1.54) is 34.6 Å². The average Bonchev–Trinajstić information content (AvgIpc) is 2.89. The topological polar surface area (TPSA) is 52.0 Å². The third-order valence-electron chi connectivity index (χ3n) is 3.14. The highest BCUT2D eigenvalue weighted by molar-refractivity contribution is 7.15. The molecule has 0 fully saturated rings. The average molecular weight is 234 g/mol. The Hall–Kier alpha value is -1.29. The third-order valence-corrected chi connectivity index (χ3v) is 4.38. The Balaban J connectivity index is 2.08. The molecule has 0 saturated heterocycles. The molecule has 1 aliphatic rings. The summed E-state index contributed by atoms with van der Waals surface area (Å²) < 4.78 is 5.34. The van der Waals surface area contributed by atoms with E-state index >= 15 is 0 Å². The summed E-state index contributed by atoms with van der Waals surface area (Å²) in [6.45, 7) is 2.08. The first-order valence-corrected chi connectivity index (χ1v) is 6.47. The molecule has 16 heavy (non-hydrogen) atoms. The summed E-state index contributed by atoms with van der Waals surface area (Å²) >= 11 is 1.83. The van der Waals surface area contributed by atoms with Crippen LogP contribution in [-0.4, -0.2) is 5.16 Å². The van der Waals surface area contributed by atoms with Crippen LogP contribution in [0.4, 0.5) is 5.82 Å². The number of anilines is 1. The number of fused-ring (bicyclic) bond motifs is 1. The molecule has 0 radical (unpaired) electrons. The first-order chi connectivity index (χ1) is 7.79. The molecule has 4 heteroatoms. The van der Waals surface area contributed by atoms with Crippen LogP contribution in [0.15, 0.2) is 10.6 Å². The van der Waals surface area contributed by atoms with Crippen LogP contribution in [0.3, 0.4) is 0 Å². The standard InChI is InChI=1S/C12H14N2OS/c1-2-8-11(15-14-12(8)13)10-6-7-4-3-5-9(7)16-10/h6H,2-5H2,1H3,(H2,13,14). The second-order valence-electron chi connectivity index (χ2n) is 4.14. The van der Waals surface area contributed by atoms with Crippen molar-refractivity contribution < 1.29 is 4.52 Å². The highest BCUT2D eigenvalue weighted by atomic mass is 32.1. The van der Waals surface area contributed by atoms with Crippen LogP contribution in [0.1, 0.15) is 29.3 Å². The number of rotatable bonds is 2. The van der Waals surface area contributed by atoms with Gasteiger partial charge in [0.1, 0.15) is 0 Å². The zero-order chi connectivity index (χ0) is 11.1. The summed E-state index contributed by atoms with van der Waals surface area (Å²) in [4.78, 5) is 2.69. The van der Waals surface area contributed by atoms with Gasteiger partial charge < -0.3 is 10.3 Å². The fourth-order valence-electron chi connectivity index (χ4n) is 2.30. The summed E-state index contributed by atoms with van der Waals surface area (Å²) in [5, 5.41) is 3.86. The lowest BCUT2D eigenvalue weighted by Crippen LogP contribution is -1.90. The van der Waals surface area contributed by atoms with Crippen LogP contribution in [-0.2, 0) is 19.3 Å². The van der Waals surface area contributed by atoms with Crippen molar-refractivity contribution in [3.8, 4) is 10.6 Å². The Kier molecular flexibility index (Phi) is 2.24. The summed E-state index contributed by atoms with van der Waals surface area (Å²) in [7, 11) is 0. The van der Waals surface area contributed by atoms with Crippen molar-refractivity contribution in [2.45, 2.75) is 32.6 Å². The number of nitrogen functional groups attached to an aromatic ring is 1. The van der Waals surface area contributed by atoms with Gasteiger partial charge in [0.05, 0.1) is 4.88 Å². The van der Waals surface area contributed by atoms with Gasteiger partial charge in [0.2, 0.25) is 0 Å². The Morgan fingerprint density at radius 2 is 2.38 bits per heavy atom. The first-order valence-electron chi connectivity index (χ1n) is 5.65. The van der Waals surface area contributed by atoms with Gasteiger partial charge in [-0.2, -0.15) is 0 Å². The number of aryl methyl sites for hydroxylation is 2. The molecule has 0 bridgehead atoms. The highest BCUT2D eigenvalue weighted by Crippen LogP contribution is 2.39. The minimum atomic E-state index is 0.533. The molecule has 2 N–H and O–H groups in total. The fourth-order valence-corrected chi connectivity index (χ4v) is 3.56. The van der Waals surface area contributed by atoms with Gasteiger partial charge in [-0.3, -0.25) is 0 Å². The van der Waals surface area contributed by atoms with Crippen LogP contribution in [0, 0.1) is 0 Å². The molecule has 0 aliphatic heterocycles. The Bertz CT molecular complexity index is 506. The van der Waals surface area contributed by atoms with Crippen molar-refractivity contribution in [2.75, 3.05) is 5.73 Å². The van der Waals surface area contributed by atoms with Crippen molar-refractivity contribution >= 4 is 17.2 Å². The van der Waals surface area contributed by atoms with E-state index in [4.69, 9.17) is 10.3 Å². The van der Waals surface area contributed by atoms with Gasteiger partial charge in [0.15, 0.2) is 11.6 Å². The van der Waals surface area contributed by atoms with E-state index in [2.05, 4.69) is 18.1 Å². The molecule has 0 amide bonds. The molecule has 3 rings (SSSR count). The number of hydrogen-bond acceptors (Lipinski definition) is 4. The van der Waals surface area contributed by atoms with E-state index < -0.39 is 0 Å². The lowest BCUT2D eigenvalue weighted by Gasteiger charge is -1.95.